The predicted octanol–water partition coefficient (Wildman–Crippen LogP) is 1.78. The van der Waals surface area contributed by atoms with Gasteiger partial charge in [-0.15, -0.1) is 12.4 Å². The number of hydrogen-bond donors (Lipinski definition) is 1. The van der Waals surface area contributed by atoms with Crippen molar-refractivity contribution in [3.8, 4) is 0 Å². The highest BCUT2D eigenvalue weighted by atomic mass is 35.5. The van der Waals surface area contributed by atoms with Crippen LogP contribution in [-0.2, 0) is 0 Å². The lowest BCUT2D eigenvalue weighted by molar-refractivity contribution is 0.0704. The van der Waals surface area contributed by atoms with Crippen LogP contribution >= 0.6 is 12.4 Å². The number of piperidine rings is 1. The van der Waals surface area contributed by atoms with Crippen LogP contribution in [0.3, 0.4) is 0 Å². The number of carbonyl (C=O) groups is 1. The Kier molecular flexibility index (Phi) is 4.65. The lowest BCUT2D eigenvalue weighted by Gasteiger charge is -2.30. The van der Waals surface area contributed by atoms with Crippen molar-refractivity contribution in [1.82, 2.24) is 4.90 Å². The van der Waals surface area contributed by atoms with Gasteiger partial charge in [0.05, 0.1) is 0 Å². The van der Waals surface area contributed by atoms with Crippen molar-refractivity contribution in [1.29, 1.82) is 0 Å². The van der Waals surface area contributed by atoms with Gasteiger partial charge in [-0.1, -0.05) is 18.2 Å². The zero-order chi connectivity index (χ0) is 14.1. The predicted molar refractivity (Wildman–Crippen MR) is 82.8 cm³/mol. The summed E-state index contributed by atoms with van der Waals surface area (Å²) in [5.74, 6) is -0.292. The minimum absolute atomic E-state index is 0. The second kappa shape index (κ2) is 6.28. The third-order valence-corrected chi connectivity index (χ3v) is 3.62. The van der Waals surface area contributed by atoms with Crippen molar-refractivity contribution in [2.75, 3.05) is 13.1 Å². The molecule has 1 aliphatic heterocycles. The summed E-state index contributed by atoms with van der Waals surface area (Å²) in [6.45, 7) is 1.13. The van der Waals surface area contributed by atoms with Gasteiger partial charge in [0, 0.05) is 24.5 Å². The van der Waals surface area contributed by atoms with E-state index in [1.165, 1.54) is 0 Å². The largest absolute Gasteiger partial charge is 0.422 e. The zero-order valence-corrected chi connectivity index (χ0v) is 12.3. The Hall–Kier alpha value is -1.85. The molecule has 0 spiro atoms. The Morgan fingerprint density at radius 3 is 2.86 bits per heavy atom. The fourth-order valence-corrected chi connectivity index (χ4v) is 2.58. The highest BCUT2D eigenvalue weighted by Gasteiger charge is 2.25. The van der Waals surface area contributed by atoms with Crippen LogP contribution in [0.15, 0.2) is 39.5 Å². The van der Waals surface area contributed by atoms with Crippen LogP contribution in [0.2, 0.25) is 0 Å². The normalized spacial score (nSPS) is 18.3. The van der Waals surface area contributed by atoms with E-state index in [4.69, 9.17) is 10.2 Å². The van der Waals surface area contributed by atoms with Crippen LogP contribution in [0.1, 0.15) is 23.2 Å². The molecule has 1 amide bonds. The van der Waals surface area contributed by atoms with E-state index in [-0.39, 0.29) is 29.9 Å². The minimum atomic E-state index is -0.590. The maximum Gasteiger partial charge on any atom is 0.349 e. The van der Waals surface area contributed by atoms with Gasteiger partial charge in [-0.3, -0.25) is 4.79 Å². The van der Waals surface area contributed by atoms with E-state index in [9.17, 15) is 9.59 Å². The van der Waals surface area contributed by atoms with Crippen molar-refractivity contribution in [3.05, 3.63) is 46.3 Å². The molecule has 0 radical (unpaired) electrons. The molecule has 21 heavy (non-hydrogen) atoms. The van der Waals surface area contributed by atoms with Crippen LogP contribution in [0.5, 0.6) is 0 Å². The van der Waals surface area contributed by atoms with Gasteiger partial charge in [-0.25, -0.2) is 4.79 Å². The Labute approximate surface area is 128 Å². The molecule has 0 bridgehead atoms. The van der Waals surface area contributed by atoms with Crippen molar-refractivity contribution >= 4 is 29.3 Å². The smallest absolute Gasteiger partial charge is 0.349 e. The first kappa shape index (κ1) is 15.5. The van der Waals surface area contributed by atoms with E-state index < -0.39 is 5.63 Å². The van der Waals surface area contributed by atoms with Crippen LogP contribution in [0, 0.1) is 0 Å². The first-order valence-electron chi connectivity index (χ1n) is 6.73. The van der Waals surface area contributed by atoms with Gasteiger partial charge in [0.25, 0.3) is 5.91 Å². The minimum Gasteiger partial charge on any atom is -0.422 e. The second-order valence-corrected chi connectivity index (χ2v) is 5.14. The summed E-state index contributed by atoms with van der Waals surface area (Å²) in [5, 5.41) is 0.747. The van der Waals surface area contributed by atoms with E-state index in [1.54, 1.807) is 23.1 Å². The zero-order valence-electron chi connectivity index (χ0n) is 11.5. The molecule has 2 heterocycles. The molecule has 1 aromatic heterocycles. The van der Waals surface area contributed by atoms with Crippen LogP contribution < -0.4 is 11.4 Å². The summed E-state index contributed by atoms with van der Waals surface area (Å²) in [4.78, 5) is 26.0. The van der Waals surface area contributed by atoms with Crippen molar-refractivity contribution in [2.45, 2.75) is 18.9 Å². The standard InChI is InChI=1S/C15H16N2O3.ClH/c16-11-5-3-7-17(9-11)14(18)12-8-10-4-1-2-6-13(10)20-15(12)19;/h1-2,4,6,8,11H,3,5,7,9,16H2;1H. The number of nitrogens with two attached hydrogens (primary N) is 1. The molecule has 0 aliphatic carbocycles. The van der Waals surface area contributed by atoms with E-state index in [2.05, 4.69) is 0 Å². The van der Waals surface area contributed by atoms with Gasteiger partial charge in [-0.2, -0.15) is 0 Å². The molecule has 112 valence electrons. The number of amides is 1. The summed E-state index contributed by atoms with van der Waals surface area (Å²) in [7, 11) is 0. The van der Waals surface area contributed by atoms with Crippen molar-refractivity contribution in [2.24, 2.45) is 5.73 Å². The molecule has 5 nitrogen and oxygen atoms in total. The maximum atomic E-state index is 12.4. The first-order chi connectivity index (χ1) is 9.65. The summed E-state index contributed by atoms with van der Waals surface area (Å²) >= 11 is 0. The fourth-order valence-electron chi connectivity index (χ4n) is 2.58. The highest BCUT2D eigenvalue weighted by Crippen LogP contribution is 2.16. The molecule has 2 aromatic rings. The average molecular weight is 309 g/mol. The summed E-state index contributed by atoms with van der Waals surface area (Å²) in [6.07, 6.45) is 1.78. The van der Waals surface area contributed by atoms with Gasteiger partial charge >= 0.3 is 5.63 Å². The summed E-state index contributed by atoms with van der Waals surface area (Å²) in [5.41, 5.74) is 5.86. The first-order valence-corrected chi connectivity index (χ1v) is 6.73. The Morgan fingerprint density at radius 2 is 2.10 bits per heavy atom. The molecule has 6 heteroatoms. The van der Waals surface area contributed by atoms with Crippen LogP contribution in [0.25, 0.3) is 11.0 Å². The molecule has 3 rings (SSSR count). The highest BCUT2D eigenvalue weighted by molar-refractivity contribution is 5.96. The number of fused-ring (bicyclic) bond motifs is 1. The number of nitrogens with zero attached hydrogens (tertiary/aromatic N) is 1. The van der Waals surface area contributed by atoms with Crippen molar-refractivity contribution in [3.63, 3.8) is 0 Å². The number of halogens is 1. The van der Waals surface area contributed by atoms with Gasteiger partial charge in [0.15, 0.2) is 0 Å². The average Bonchev–Trinajstić information content (AvgIpc) is 2.46. The molecule has 1 aliphatic rings. The number of benzene rings is 1. The van der Waals surface area contributed by atoms with Gasteiger partial charge in [0.1, 0.15) is 11.1 Å². The van der Waals surface area contributed by atoms with Crippen LogP contribution in [0.4, 0.5) is 0 Å². The van der Waals surface area contributed by atoms with Gasteiger partial charge < -0.3 is 15.1 Å². The van der Waals surface area contributed by atoms with E-state index in [0.29, 0.717) is 18.7 Å². The molecule has 2 N–H and O–H groups in total. The number of carbonyl (C=O) groups excluding carboxylic acids is 1. The number of hydrogen-bond acceptors (Lipinski definition) is 4. The van der Waals surface area contributed by atoms with E-state index >= 15 is 0 Å². The molecule has 1 aromatic carbocycles. The molecule has 0 saturated carbocycles. The number of likely N-dealkylation sites (tertiary alicyclic amines) is 1. The molecule has 1 atom stereocenters. The molecular formula is C15H17ClN2O3. The molecule has 1 fully saturated rings. The Balaban J connectivity index is 0.00000161. The monoisotopic (exact) mass is 308 g/mol. The third kappa shape index (κ3) is 3.09. The molecular weight excluding hydrogens is 292 g/mol. The van der Waals surface area contributed by atoms with E-state index in [0.717, 1.165) is 18.2 Å². The van der Waals surface area contributed by atoms with Gasteiger partial charge in [-0.05, 0) is 25.0 Å². The van der Waals surface area contributed by atoms with E-state index in [1.807, 2.05) is 12.1 Å². The lowest BCUT2D eigenvalue weighted by Crippen LogP contribution is -2.46. The summed E-state index contributed by atoms with van der Waals surface area (Å²) in [6, 6.07) is 8.74. The lowest BCUT2D eigenvalue weighted by atomic mass is 10.1. The molecule has 1 unspecified atom stereocenters. The second-order valence-electron chi connectivity index (χ2n) is 5.14. The third-order valence-electron chi connectivity index (χ3n) is 3.62. The maximum absolute atomic E-state index is 12.4. The Morgan fingerprint density at radius 1 is 1.33 bits per heavy atom. The number of para-hydroxylation sites is 1. The quantitative estimate of drug-likeness (QED) is 0.815. The Bertz CT molecular complexity index is 713. The fraction of sp³-hybridized carbons (Fsp3) is 0.333. The molecule has 1 saturated heterocycles. The van der Waals surface area contributed by atoms with Crippen LogP contribution in [-0.4, -0.2) is 29.9 Å². The van der Waals surface area contributed by atoms with Gasteiger partial charge in [0.2, 0.25) is 0 Å². The SMILES string of the molecule is Cl.NC1CCCN(C(=O)c2cc3ccccc3oc2=O)C1. The number of rotatable bonds is 1. The summed E-state index contributed by atoms with van der Waals surface area (Å²) < 4.78 is 5.20. The topological polar surface area (TPSA) is 76.5 Å². The van der Waals surface area contributed by atoms with Crippen molar-refractivity contribution < 1.29 is 9.21 Å².